The van der Waals surface area contributed by atoms with Crippen LogP contribution in [0.3, 0.4) is 0 Å². The van der Waals surface area contributed by atoms with Gasteiger partial charge in [-0.15, -0.1) is 5.10 Å². The first-order valence-corrected chi connectivity index (χ1v) is 9.40. The number of carbonyl (C=O) groups is 1. The van der Waals surface area contributed by atoms with Gasteiger partial charge in [-0.2, -0.15) is 11.8 Å². The smallest absolute Gasteiger partial charge is 0.315 e. The number of hydrogen-bond acceptors (Lipinski definition) is 4. The lowest BCUT2D eigenvalue weighted by Gasteiger charge is -2.40. The van der Waals surface area contributed by atoms with Gasteiger partial charge >= 0.3 is 6.03 Å². The number of aromatic nitrogens is 3. The van der Waals surface area contributed by atoms with Crippen molar-refractivity contribution in [2.45, 2.75) is 37.0 Å². The van der Waals surface area contributed by atoms with Crippen LogP contribution in [0.4, 0.5) is 4.79 Å². The van der Waals surface area contributed by atoms with E-state index in [1.165, 1.54) is 19.3 Å². The fraction of sp³-hybridized carbons (Fsp3) is 0.471. The zero-order chi connectivity index (χ0) is 17.0. The monoisotopic (exact) mass is 345 g/mol. The molecule has 2 amide bonds. The second-order valence-corrected chi connectivity index (χ2v) is 7.50. The number of benzene rings is 1. The minimum Gasteiger partial charge on any atom is -0.337 e. The number of nitrogens with one attached hydrogen (secondary N) is 2. The SMILES string of the molecule is CSC1(CNC(=O)N[C@@H](C)c2ccc(-n3ccnn3)cc2)CCC1. The van der Waals surface area contributed by atoms with E-state index in [0.717, 1.165) is 17.8 Å². The van der Waals surface area contributed by atoms with E-state index in [2.05, 4.69) is 27.2 Å². The minimum atomic E-state index is -0.108. The maximum Gasteiger partial charge on any atom is 0.315 e. The molecule has 0 aliphatic heterocycles. The summed E-state index contributed by atoms with van der Waals surface area (Å²) in [6.07, 6.45) is 9.20. The van der Waals surface area contributed by atoms with Crippen LogP contribution in [0.5, 0.6) is 0 Å². The molecule has 1 aromatic heterocycles. The van der Waals surface area contributed by atoms with Gasteiger partial charge in [0.1, 0.15) is 0 Å². The predicted molar refractivity (Wildman–Crippen MR) is 96.4 cm³/mol. The normalized spacial score (nSPS) is 16.9. The van der Waals surface area contributed by atoms with Crippen LogP contribution in [0.2, 0.25) is 0 Å². The number of carbonyl (C=O) groups excluding carboxylic acids is 1. The molecule has 1 aliphatic rings. The average Bonchev–Trinajstić information content (AvgIpc) is 3.09. The molecule has 3 rings (SSSR count). The Labute approximate surface area is 146 Å². The molecule has 0 radical (unpaired) electrons. The van der Waals surface area contributed by atoms with Crippen LogP contribution in [-0.4, -0.2) is 38.6 Å². The van der Waals surface area contributed by atoms with E-state index in [0.29, 0.717) is 0 Å². The van der Waals surface area contributed by atoms with Gasteiger partial charge in [0.25, 0.3) is 0 Å². The zero-order valence-corrected chi connectivity index (χ0v) is 14.8. The van der Waals surface area contributed by atoms with Crippen LogP contribution >= 0.6 is 11.8 Å². The highest BCUT2D eigenvalue weighted by Crippen LogP contribution is 2.42. The van der Waals surface area contributed by atoms with Crippen molar-refractivity contribution in [1.82, 2.24) is 25.6 Å². The third-order valence-corrected chi connectivity index (χ3v) is 6.12. The van der Waals surface area contributed by atoms with Crippen LogP contribution < -0.4 is 10.6 Å². The number of thioether (sulfide) groups is 1. The van der Waals surface area contributed by atoms with Gasteiger partial charge in [-0.3, -0.25) is 0 Å². The molecule has 0 saturated heterocycles. The summed E-state index contributed by atoms with van der Waals surface area (Å²) in [4.78, 5) is 12.1. The molecule has 128 valence electrons. The highest BCUT2D eigenvalue weighted by Gasteiger charge is 2.36. The molecule has 2 N–H and O–H groups in total. The number of rotatable bonds is 6. The molecule has 1 aliphatic carbocycles. The van der Waals surface area contributed by atoms with Gasteiger partial charge in [0.05, 0.1) is 24.1 Å². The molecule has 2 aromatic rings. The van der Waals surface area contributed by atoms with E-state index in [9.17, 15) is 4.79 Å². The Kier molecular flexibility index (Phi) is 5.08. The quantitative estimate of drug-likeness (QED) is 0.844. The number of nitrogens with zero attached hydrogens (tertiary/aromatic N) is 3. The molecule has 6 nitrogen and oxygen atoms in total. The summed E-state index contributed by atoms with van der Waals surface area (Å²) in [6.45, 7) is 2.72. The third kappa shape index (κ3) is 3.72. The summed E-state index contributed by atoms with van der Waals surface area (Å²) < 4.78 is 1.95. The van der Waals surface area contributed by atoms with E-state index in [1.54, 1.807) is 17.1 Å². The lowest BCUT2D eigenvalue weighted by atomic mass is 9.84. The Balaban J connectivity index is 1.52. The zero-order valence-electron chi connectivity index (χ0n) is 14.0. The van der Waals surface area contributed by atoms with E-state index < -0.39 is 0 Å². The van der Waals surface area contributed by atoms with Crippen molar-refractivity contribution in [1.29, 1.82) is 0 Å². The number of urea groups is 1. The summed E-state index contributed by atoms with van der Waals surface area (Å²) in [7, 11) is 0. The Hall–Kier alpha value is -2.02. The first-order valence-electron chi connectivity index (χ1n) is 8.18. The molecule has 1 saturated carbocycles. The van der Waals surface area contributed by atoms with E-state index >= 15 is 0 Å². The van der Waals surface area contributed by atoms with Gasteiger partial charge in [-0.05, 0) is 43.7 Å². The van der Waals surface area contributed by atoms with E-state index in [-0.39, 0.29) is 16.8 Å². The summed E-state index contributed by atoms with van der Waals surface area (Å²) in [5.41, 5.74) is 2.00. The third-order valence-electron chi connectivity index (χ3n) is 4.70. The van der Waals surface area contributed by atoms with Gasteiger partial charge in [0.15, 0.2) is 0 Å². The molecule has 24 heavy (non-hydrogen) atoms. The van der Waals surface area contributed by atoms with E-state index in [1.807, 2.05) is 43.0 Å². The number of amides is 2. The van der Waals surface area contributed by atoms with Crippen LogP contribution in [0.15, 0.2) is 36.7 Å². The maximum atomic E-state index is 12.1. The topological polar surface area (TPSA) is 71.8 Å². The fourth-order valence-electron chi connectivity index (χ4n) is 2.86. The summed E-state index contributed by atoms with van der Waals surface area (Å²) in [5, 5.41) is 13.8. The molecule has 1 fully saturated rings. The maximum absolute atomic E-state index is 12.1. The van der Waals surface area contributed by atoms with Crippen molar-refractivity contribution >= 4 is 17.8 Å². The second kappa shape index (κ2) is 7.25. The Morgan fingerprint density at radius 1 is 1.38 bits per heavy atom. The van der Waals surface area contributed by atoms with Gasteiger partial charge < -0.3 is 10.6 Å². The molecule has 1 atom stereocenters. The summed E-state index contributed by atoms with van der Waals surface area (Å²) >= 11 is 1.86. The second-order valence-electron chi connectivity index (χ2n) is 6.23. The molecular weight excluding hydrogens is 322 g/mol. The lowest BCUT2D eigenvalue weighted by Crippen LogP contribution is -2.48. The Morgan fingerprint density at radius 3 is 2.67 bits per heavy atom. The molecule has 7 heteroatoms. The van der Waals surface area contributed by atoms with E-state index in [4.69, 9.17) is 0 Å². The van der Waals surface area contributed by atoms with Crippen LogP contribution in [0.1, 0.15) is 37.8 Å². The molecule has 0 unspecified atom stereocenters. The van der Waals surface area contributed by atoms with Crippen molar-refractivity contribution < 1.29 is 4.79 Å². The van der Waals surface area contributed by atoms with Crippen molar-refractivity contribution in [3.63, 3.8) is 0 Å². The highest BCUT2D eigenvalue weighted by molar-refractivity contribution is 8.00. The van der Waals surface area contributed by atoms with Crippen LogP contribution in [0.25, 0.3) is 5.69 Å². The first-order chi connectivity index (χ1) is 11.6. The standard InChI is InChI=1S/C17H23N5OS/c1-13(20-16(23)18-12-17(24-2)8-3-9-17)14-4-6-15(7-5-14)22-11-10-19-21-22/h4-7,10-11,13H,3,8-9,12H2,1-2H3,(H2,18,20,23)/t13-/m0/s1. The largest absolute Gasteiger partial charge is 0.337 e. The molecule has 0 bridgehead atoms. The lowest BCUT2D eigenvalue weighted by molar-refractivity contribution is 0.233. The van der Waals surface area contributed by atoms with Gasteiger partial charge in [-0.1, -0.05) is 23.8 Å². The molecular formula is C17H23N5OS. The minimum absolute atomic E-state index is 0.0542. The Bertz CT molecular complexity index is 661. The van der Waals surface area contributed by atoms with Gasteiger partial charge in [0.2, 0.25) is 0 Å². The van der Waals surface area contributed by atoms with Crippen molar-refractivity contribution in [3.8, 4) is 5.69 Å². The molecule has 0 spiro atoms. The Morgan fingerprint density at radius 2 is 2.12 bits per heavy atom. The molecule has 1 aromatic carbocycles. The average molecular weight is 345 g/mol. The van der Waals surface area contributed by atoms with Gasteiger partial charge in [-0.25, -0.2) is 9.48 Å². The number of hydrogen-bond donors (Lipinski definition) is 2. The van der Waals surface area contributed by atoms with Crippen molar-refractivity contribution in [2.75, 3.05) is 12.8 Å². The van der Waals surface area contributed by atoms with Crippen molar-refractivity contribution in [2.24, 2.45) is 0 Å². The van der Waals surface area contributed by atoms with Crippen LogP contribution in [-0.2, 0) is 0 Å². The first kappa shape index (κ1) is 16.8. The molecule has 1 heterocycles. The van der Waals surface area contributed by atoms with Crippen LogP contribution in [0, 0.1) is 0 Å². The summed E-state index contributed by atoms with van der Waals surface area (Å²) in [5.74, 6) is 0. The highest BCUT2D eigenvalue weighted by atomic mass is 32.2. The summed E-state index contributed by atoms with van der Waals surface area (Å²) in [6, 6.07) is 7.77. The predicted octanol–water partition coefficient (Wildman–Crippen LogP) is 2.91. The fourth-order valence-corrected chi connectivity index (χ4v) is 3.77. The van der Waals surface area contributed by atoms with Gasteiger partial charge in [0, 0.05) is 11.3 Å². The van der Waals surface area contributed by atoms with Crippen molar-refractivity contribution in [3.05, 3.63) is 42.2 Å².